The highest BCUT2D eigenvalue weighted by atomic mass is 35.5. The van der Waals surface area contributed by atoms with Crippen LogP contribution in [-0.4, -0.2) is 32.0 Å². The molecule has 0 radical (unpaired) electrons. The second-order valence-corrected chi connectivity index (χ2v) is 7.64. The van der Waals surface area contributed by atoms with Gasteiger partial charge in [0.05, 0.1) is 17.0 Å². The Morgan fingerprint density at radius 2 is 2.00 bits per heavy atom. The van der Waals surface area contributed by atoms with Gasteiger partial charge in [0.15, 0.2) is 5.78 Å². The summed E-state index contributed by atoms with van der Waals surface area (Å²) in [6.07, 6.45) is 7.17. The van der Waals surface area contributed by atoms with Crippen LogP contribution in [0.5, 0.6) is 0 Å². The molecule has 0 fully saturated rings. The Morgan fingerprint density at radius 3 is 2.52 bits per heavy atom. The Morgan fingerprint density at radius 1 is 1.36 bits per heavy atom. The molecule has 7 heteroatoms. The zero-order valence-electron chi connectivity index (χ0n) is 14.5. The number of carbonyl (C=O) groups is 1. The summed E-state index contributed by atoms with van der Waals surface area (Å²) in [6.45, 7) is 11.1. The molecule has 0 unspecified atom stereocenters. The van der Waals surface area contributed by atoms with E-state index in [1.54, 1.807) is 19.9 Å². The molecule has 1 aromatic rings. The molecule has 0 aliphatic carbocycles. The van der Waals surface area contributed by atoms with Crippen molar-refractivity contribution in [3.05, 3.63) is 70.6 Å². The quantitative estimate of drug-likeness (QED) is 0.425. The van der Waals surface area contributed by atoms with E-state index >= 15 is 0 Å². The van der Waals surface area contributed by atoms with Gasteiger partial charge in [-0.15, -0.1) is 0 Å². The molecule has 0 amide bonds. The van der Waals surface area contributed by atoms with E-state index in [2.05, 4.69) is 22.9 Å². The minimum absolute atomic E-state index is 0.136. The molecule has 1 heterocycles. The molecule has 5 nitrogen and oxygen atoms in total. The van der Waals surface area contributed by atoms with E-state index < -0.39 is 10.0 Å². The average Bonchev–Trinajstić information content (AvgIpc) is 2.53. The maximum atomic E-state index is 12.9. The molecule has 0 aliphatic rings. The molecule has 0 aliphatic heterocycles. The first-order valence-corrected chi connectivity index (χ1v) is 9.65. The first kappa shape index (κ1) is 21.0. The number of nitrogens with one attached hydrogen (secondary N) is 1. The zero-order chi connectivity index (χ0) is 19.2. The maximum Gasteiger partial charge on any atom is 0.208 e. The third kappa shape index (κ3) is 6.08. The monoisotopic (exact) mass is 380 g/mol. The van der Waals surface area contributed by atoms with Gasteiger partial charge in [0.2, 0.25) is 10.0 Å². The van der Waals surface area contributed by atoms with E-state index in [0.717, 1.165) is 11.8 Å². The summed E-state index contributed by atoms with van der Waals surface area (Å²) in [5.41, 5.74) is 2.60. The van der Waals surface area contributed by atoms with Gasteiger partial charge in [-0.1, -0.05) is 42.5 Å². The lowest BCUT2D eigenvalue weighted by atomic mass is 9.94. The topological polar surface area (TPSA) is 76.1 Å². The second-order valence-electron chi connectivity index (χ2n) is 5.37. The van der Waals surface area contributed by atoms with Crippen molar-refractivity contribution >= 4 is 33.5 Å². The Kier molecular flexibility index (Phi) is 7.48. The molecule has 0 atom stereocenters. The van der Waals surface area contributed by atoms with Crippen LogP contribution in [-0.2, 0) is 10.0 Å². The molecule has 25 heavy (non-hydrogen) atoms. The summed E-state index contributed by atoms with van der Waals surface area (Å²) in [5.74, 6) is -0.277. The SMILES string of the molecule is C=C/C(C(=O)c1cc(Cl)cnc1C=C)=C(C)\C(C)=C/CNS(C)(=O)=O. The number of hydrogen-bond donors (Lipinski definition) is 1. The van der Waals surface area contributed by atoms with E-state index in [1.165, 1.54) is 24.4 Å². The summed E-state index contributed by atoms with van der Waals surface area (Å²) in [5, 5.41) is 0.347. The predicted molar refractivity (Wildman–Crippen MR) is 103 cm³/mol. The third-order valence-corrected chi connectivity index (χ3v) is 4.42. The summed E-state index contributed by atoms with van der Waals surface area (Å²) >= 11 is 5.95. The minimum atomic E-state index is -3.28. The fourth-order valence-electron chi connectivity index (χ4n) is 2.07. The van der Waals surface area contributed by atoms with Crippen molar-refractivity contribution in [2.24, 2.45) is 0 Å². The van der Waals surface area contributed by atoms with Crippen LogP contribution in [0.1, 0.15) is 29.9 Å². The molecular formula is C18H21ClN2O3S. The Hall–Kier alpha value is -2.02. The highest BCUT2D eigenvalue weighted by molar-refractivity contribution is 7.88. The number of nitrogens with zero attached hydrogens (tertiary/aromatic N) is 1. The van der Waals surface area contributed by atoms with Gasteiger partial charge in [-0.25, -0.2) is 13.1 Å². The number of pyridine rings is 1. The highest BCUT2D eigenvalue weighted by Gasteiger charge is 2.17. The van der Waals surface area contributed by atoms with E-state index in [-0.39, 0.29) is 12.3 Å². The van der Waals surface area contributed by atoms with Crippen LogP contribution in [0.25, 0.3) is 6.08 Å². The van der Waals surface area contributed by atoms with Crippen LogP contribution in [0, 0.1) is 0 Å². The fraction of sp³-hybridized carbons (Fsp3) is 0.222. The first-order valence-electron chi connectivity index (χ1n) is 7.38. The van der Waals surface area contributed by atoms with Crippen molar-refractivity contribution in [1.82, 2.24) is 9.71 Å². The number of Topliss-reactive ketones (excluding diaryl/α,β-unsaturated/α-hetero) is 1. The van der Waals surface area contributed by atoms with Crippen LogP contribution in [0.4, 0.5) is 0 Å². The molecule has 0 bridgehead atoms. The number of hydrogen-bond acceptors (Lipinski definition) is 4. The third-order valence-electron chi connectivity index (χ3n) is 3.52. The minimum Gasteiger partial charge on any atom is -0.289 e. The van der Waals surface area contributed by atoms with Gasteiger partial charge < -0.3 is 0 Å². The Bertz CT molecular complexity index is 868. The lowest BCUT2D eigenvalue weighted by molar-refractivity contribution is 0.103. The first-order chi connectivity index (χ1) is 11.6. The molecule has 0 aromatic carbocycles. The van der Waals surface area contributed by atoms with Crippen molar-refractivity contribution in [2.45, 2.75) is 13.8 Å². The largest absolute Gasteiger partial charge is 0.289 e. The van der Waals surface area contributed by atoms with Crippen LogP contribution in [0.15, 0.2) is 54.3 Å². The van der Waals surface area contributed by atoms with Crippen molar-refractivity contribution in [3.63, 3.8) is 0 Å². The smallest absolute Gasteiger partial charge is 0.208 e. The molecular weight excluding hydrogens is 360 g/mol. The Balaban J connectivity index is 3.26. The molecule has 0 saturated carbocycles. The fourth-order valence-corrected chi connectivity index (χ4v) is 2.61. The van der Waals surface area contributed by atoms with Gasteiger partial charge in [-0.3, -0.25) is 9.78 Å². The molecule has 1 N–H and O–H groups in total. The highest BCUT2D eigenvalue weighted by Crippen LogP contribution is 2.23. The van der Waals surface area contributed by atoms with Gasteiger partial charge in [0.25, 0.3) is 0 Å². The van der Waals surface area contributed by atoms with Crippen molar-refractivity contribution in [2.75, 3.05) is 12.8 Å². The van der Waals surface area contributed by atoms with Crippen LogP contribution >= 0.6 is 11.6 Å². The molecule has 1 aromatic heterocycles. The van der Waals surface area contributed by atoms with Crippen LogP contribution in [0.2, 0.25) is 5.02 Å². The predicted octanol–water partition coefficient (Wildman–Crippen LogP) is 3.56. The standard InChI is InChI=1S/C18H21ClN2O3S/c1-6-15(13(4)12(3)8-9-21-25(5,23)24)18(22)16-10-14(19)11-20-17(16)7-2/h6-8,10-11,21H,1-2,9H2,3-5H3/b12-8-,15-13+. The molecule has 0 spiro atoms. The van der Waals surface area contributed by atoms with Gasteiger partial charge in [-0.05, 0) is 31.6 Å². The van der Waals surface area contributed by atoms with Crippen molar-refractivity contribution in [1.29, 1.82) is 0 Å². The lowest BCUT2D eigenvalue weighted by Crippen LogP contribution is -2.22. The zero-order valence-corrected chi connectivity index (χ0v) is 16.0. The molecule has 1 rings (SSSR count). The van der Waals surface area contributed by atoms with Gasteiger partial charge in [-0.2, -0.15) is 0 Å². The van der Waals surface area contributed by atoms with Gasteiger partial charge in [0, 0.05) is 23.9 Å². The number of ketones is 1. The number of allylic oxidation sites excluding steroid dienone is 4. The summed E-state index contributed by atoms with van der Waals surface area (Å²) in [7, 11) is -3.28. The number of aromatic nitrogens is 1. The number of rotatable bonds is 8. The van der Waals surface area contributed by atoms with Crippen LogP contribution in [0.3, 0.4) is 0 Å². The van der Waals surface area contributed by atoms with Gasteiger partial charge >= 0.3 is 0 Å². The van der Waals surface area contributed by atoms with Crippen LogP contribution < -0.4 is 4.72 Å². The van der Waals surface area contributed by atoms with E-state index in [1.807, 2.05) is 0 Å². The number of halogens is 1. The van der Waals surface area contributed by atoms with Gasteiger partial charge in [0.1, 0.15) is 0 Å². The normalized spacial score (nSPS) is 13.2. The van der Waals surface area contributed by atoms with E-state index in [4.69, 9.17) is 11.6 Å². The molecule has 134 valence electrons. The lowest BCUT2D eigenvalue weighted by Gasteiger charge is -2.11. The van der Waals surface area contributed by atoms with E-state index in [0.29, 0.717) is 27.4 Å². The summed E-state index contributed by atoms with van der Waals surface area (Å²) in [4.78, 5) is 17.0. The Labute approximate surface area is 153 Å². The maximum absolute atomic E-state index is 12.9. The number of carbonyl (C=O) groups excluding carboxylic acids is 1. The summed E-state index contributed by atoms with van der Waals surface area (Å²) in [6, 6.07) is 1.54. The molecule has 0 saturated heterocycles. The van der Waals surface area contributed by atoms with Crippen molar-refractivity contribution in [3.8, 4) is 0 Å². The summed E-state index contributed by atoms with van der Waals surface area (Å²) < 4.78 is 24.6. The van der Waals surface area contributed by atoms with E-state index in [9.17, 15) is 13.2 Å². The van der Waals surface area contributed by atoms with Crippen molar-refractivity contribution < 1.29 is 13.2 Å². The average molecular weight is 381 g/mol. The second kappa shape index (κ2) is 8.89. The number of sulfonamides is 1.